The summed E-state index contributed by atoms with van der Waals surface area (Å²) in [5.74, 6) is 0.147. The van der Waals surface area contributed by atoms with Gasteiger partial charge in [-0.1, -0.05) is 0 Å². The van der Waals surface area contributed by atoms with Crippen molar-refractivity contribution < 1.29 is 9.90 Å². The summed E-state index contributed by atoms with van der Waals surface area (Å²) >= 11 is 0. The van der Waals surface area contributed by atoms with Crippen molar-refractivity contribution in [3.8, 4) is 0 Å². The molecule has 0 aromatic carbocycles. The molecule has 0 spiro atoms. The number of aliphatic hydroxyl groups is 1. The Morgan fingerprint density at radius 3 is 2.93 bits per heavy atom. The van der Waals surface area contributed by atoms with Crippen LogP contribution in [0.25, 0.3) is 0 Å². The van der Waals surface area contributed by atoms with Crippen LogP contribution in [0.4, 0.5) is 0 Å². The molecule has 14 heavy (non-hydrogen) atoms. The molecular weight excluding hydrogens is 180 g/mol. The van der Waals surface area contributed by atoms with Gasteiger partial charge in [0.1, 0.15) is 0 Å². The maximum Gasteiger partial charge on any atom is 0.222 e. The molecule has 0 radical (unpaired) electrons. The number of carbonyl (C=O) groups is 1. The van der Waals surface area contributed by atoms with Crippen LogP contribution in [0.15, 0.2) is 0 Å². The van der Waals surface area contributed by atoms with E-state index in [-0.39, 0.29) is 18.6 Å². The fraction of sp³-hybridized carbons (Fsp3) is 0.900. The number of carbonyl (C=O) groups excluding carboxylic acids is 1. The largest absolute Gasteiger partial charge is 0.394 e. The normalized spacial score (nSPS) is 22.4. The molecule has 3 N–H and O–H groups in total. The molecule has 1 saturated heterocycles. The quantitative estimate of drug-likeness (QED) is 0.676. The Bertz CT molecular complexity index is 185. The van der Waals surface area contributed by atoms with Crippen molar-refractivity contribution in [3.05, 3.63) is 0 Å². The molecule has 1 fully saturated rings. The molecule has 0 aliphatic carbocycles. The van der Waals surface area contributed by atoms with E-state index in [9.17, 15) is 4.79 Å². The van der Waals surface area contributed by atoms with Gasteiger partial charge in [0.25, 0.3) is 0 Å². The second-order valence-electron chi connectivity index (χ2n) is 3.81. The zero-order valence-electron chi connectivity index (χ0n) is 8.61. The van der Waals surface area contributed by atoms with Gasteiger partial charge in [0.2, 0.25) is 5.91 Å². The average molecular weight is 200 g/mol. The topological polar surface area (TPSA) is 66.6 Å². The number of hydrogen-bond donors (Lipinski definition) is 2. The molecule has 0 aromatic heterocycles. The van der Waals surface area contributed by atoms with E-state index in [0.717, 1.165) is 32.2 Å². The Balaban J connectivity index is 2.41. The molecule has 4 nitrogen and oxygen atoms in total. The summed E-state index contributed by atoms with van der Waals surface area (Å²) < 4.78 is 0. The lowest BCUT2D eigenvalue weighted by atomic mass is 10.0. The predicted octanol–water partition coefficient (Wildman–Crippen LogP) is 0.0987. The van der Waals surface area contributed by atoms with Crippen molar-refractivity contribution >= 4 is 5.91 Å². The summed E-state index contributed by atoms with van der Waals surface area (Å²) in [6.45, 7) is 1.45. The van der Waals surface area contributed by atoms with Gasteiger partial charge in [-0.15, -0.1) is 0 Å². The van der Waals surface area contributed by atoms with Crippen LogP contribution in [0.5, 0.6) is 0 Å². The van der Waals surface area contributed by atoms with Gasteiger partial charge >= 0.3 is 0 Å². The highest BCUT2D eigenvalue weighted by molar-refractivity contribution is 5.76. The molecule has 1 amide bonds. The van der Waals surface area contributed by atoms with Gasteiger partial charge in [-0.05, 0) is 32.2 Å². The standard InChI is InChI=1S/C10H20N2O2/c11-6-3-5-10(14)12-7-2-1-4-9(12)8-13/h9,13H,1-8,11H2. The molecule has 1 unspecified atom stereocenters. The Labute approximate surface area is 85.1 Å². The van der Waals surface area contributed by atoms with E-state index in [0.29, 0.717) is 13.0 Å². The van der Waals surface area contributed by atoms with Crippen LogP contribution in [-0.2, 0) is 4.79 Å². The second kappa shape index (κ2) is 5.98. The fourth-order valence-electron chi connectivity index (χ4n) is 1.92. The summed E-state index contributed by atoms with van der Waals surface area (Å²) in [6, 6.07) is 0.0500. The monoisotopic (exact) mass is 200 g/mol. The van der Waals surface area contributed by atoms with Crippen molar-refractivity contribution in [1.82, 2.24) is 4.90 Å². The van der Waals surface area contributed by atoms with E-state index in [2.05, 4.69) is 0 Å². The van der Waals surface area contributed by atoms with Gasteiger partial charge in [0, 0.05) is 13.0 Å². The summed E-state index contributed by atoms with van der Waals surface area (Å²) in [7, 11) is 0. The molecule has 1 heterocycles. The van der Waals surface area contributed by atoms with Gasteiger partial charge in [0.05, 0.1) is 12.6 Å². The van der Waals surface area contributed by atoms with E-state index in [1.807, 2.05) is 4.90 Å². The highest BCUT2D eigenvalue weighted by atomic mass is 16.3. The lowest BCUT2D eigenvalue weighted by Crippen LogP contribution is -2.45. The Kier molecular flexibility index (Phi) is 4.90. The first-order valence-corrected chi connectivity index (χ1v) is 5.40. The molecular formula is C10H20N2O2. The van der Waals surface area contributed by atoms with Crippen molar-refractivity contribution in [3.63, 3.8) is 0 Å². The van der Waals surface area contributed by atoms with Crippen LogP contribution in [0, 0.1) is 0 Å². The maximum absolute atomic E-state index is 11.7. The number of nitrogens with two attached hydrogens (primary N) is 1. The third kappa shape index (κ3) is 2.96. The molecule has 0 aromatic rings. The SMILES string of the molecule is NCCCC(=O)N1CCCCC1CO. The van der Waals surface area contributed by atoms with Gasteiger partial charge in [-0.25, -0.2) is 0 Å². The lowest BCUT2D eigenvalue weighted by Gasteiger charge is -2.34. The average Bonchev–Trinajstić information content (AvgIpc) is 2.25. The molecule has 1 aliphatic heterocycles. The van der Waals surface area contributed by atoms with Crippen LogP contribution in [0.1, 0.15) is 32.1 Å². The summed E-state index contributed by atoms with van der Waals surface area (Å²) in [5.41, 5.74) is 5.35. The van der Waals surface area contributed by atoms with Crippen LogP contribution >= 0.6 is 0 Å². The lowest BCUT2D eigenvalue weighted by molar-refractivity contribution is -0.136. The summed E-state index contributed by atoms with van der Waals surface area (Å²) in [5, 5.41) is 9.12. The van der Waals surface area contributed by atoms with Crippen LogP contribution in [0.3, 0.4) is 0 Å². The van der Waals surface area contributed by atoms with Crippen molar-refractivity contribution in [2.75, 3.05) is 19.7 Å². The third-order valence-electron chi connectivity index (χ3n) is 2.75. The van der Waals surface area contributed by atoms with Gasteiger partial charge < -0.3 is 15.7 Å². The number of aliphatic hydroxyl groups excluding tert-OH is 1. The smallest absolute Gasteiger partial charge is 0.222 e. The zero-order chi connectivity index (χ0) is 10.4. The number of nitrogens with zero attached hydrogens (tertiary/aromatic N) is 1. The minimum atomic E-state index is 0.0500. The number of rotatable bonds is 4. The molecule has 0 saturated carbocycles. The summed E-state index contributed by atoms with van der Waals surface area (Å²) in [4.78, 5) is 13.5. The highest BCUT2D eigenvalue weighted by Crippen LogP contribution is 2.17. The Morgan fingerprint density at radius 1 is 1.50 bits per heavy atom. The molecule has 1 atom stereocenters. The number of piperidine rings is 1. The van der Waals surface area contributed by atoms with Crippen LogP contribution in [0.2, 0.25) is 0 Å². The first kappa shape index (κ1) is 11.5. The molecule has 1 rings (SSSR count). The Hall–Kier alpha value is -0.610. The first-order valence-electron chi connectivity index (χ1n) is 5.40. The van der Waals surface area contributed by atoms with E-state index >= 15 is 0 Å². The second-order valence-corrected chi connectivity index (χ2v) is 3.81. The Morgan fingerprint density at radius 2 is 2.29 bits per heavy atom. The van der Waals surface area contributed by atoms with Gasteiger partial charge in [0.15, 0.2) is 0 Å². The highest BCUT2D eigenvalue weighted by Gasteiger charge is 2.25. The minimum absolute atomic E-state index is 0.0500. The number of hydrogen-bond acceptors (Lipinski definition) is 3. The maximum atomic E-state index is 11.7. The van der Waals surface area contributed by atoms with Crippen molar-refractivity contribution in [1.29, 1.82) is 0 Å². The van der Waals surface area contributed by atoms with Gasteiger partial charge in [-0.3, -0.25) is 4.79 Å². The minimum Gasteiger partial charge on any atom is -0.394 e. The molecule has 1 aliphatic rings. The van der Waals surface area contributed by atoms with E-state index < -0.39 is 0 Å². The van der Waals surface area contributed by atoms with E-state index in [4.69, 9.17) is 10.8 Å². The van der Waals surface area contributed by atoms with Gasteiger partial charge in [-0.2, -0.15) is 0 Å². The fourth-order valence-corrected chi connectivity index (χ4v) is 1.92. The number of likely N-dealkylation sites (tertiary alicyclic amines) is 1. The predicted molar refractivity (Wildman–Crippen MR) is 54.7 cm³/mol. The molecule has 0 bridgehead atoms. The van der Waals surface area contributed by atoms with Crippen LogP contribution < -0.4 is 5.73 Å². The van der Waals surface area contributed by atoms with Crippen molar-refractivity contribution in [2.24, 2.45) is 5.73 Å². The number of amides is 1. The third-order valence-corrected chi connectivity index (χ3v) is 2.75. The summed E-state index contributed by atoms with van der Waals surface area (Å²) in [6.07, 6.45) is 4.38. The molecule has 4 heteroatoms. The first-order chi connectivity index (χ1) is 6.79. The molecule has 82 valence electrons. The van der Waals surface area contributed by atoms with Crippen molar-refractivity contribution in [2.45, 2.75) is 38.1 Å². The van der Waals surface area contributed by atoms with E-state index in [1.165, 1.54) is 0 Å². The van der Waals surface area contributed by atoms with E-state index in [1.54, 1.807) is 0 Å². The zero-order valence-corrected chi connectivity index (χ0v) is 8.61. The van der Waals surface area contributed by atoms with Crippen LogP contribution in [-0.4, -0.2) is 41.7 Å².